The normalized spacial score (nSPS) is 16.6. The number of methoxy groups -OCH3 is 1. The fraction of sp³-hybridized carbons (Fsp3) is 0.296. The molecule has 39 heavy (non-hydrogen) atoms. The van der Waals surface area contributed by atoms with Gasteiger partial charge < -0.3 is 31.0 Å². The zero-order valence-corrected chi connectivity index (χ0v) is 21.5. The summed E-state index contributed by atoms with van der Waals surface area (Å²) in [5, 5.41) is 25.8. The van der Waals surface area contributed by atoms with Gasteiger partial charge >= 0.3 is 0 Å². The summed E-state index contributed by atoms with van der Waals surface area (Å²) < 4.78 is 5.48. The molecule has 12 nitrogen and oxygen atoms in total. The van der Waals surface area contributed by atoms with Crippen LogP contribution in [0.25, 0.3) is 5.57 Å². The maximum Gasteiger partial charge on any atom is 0.280 e. The SMILES string of the molecule is COc1cc(N2CCC3(CCN(C(=O)C(=N)C(=O)NC(=N)c4ccccn4)CC3)C2=O)ccc1/C(C=N)=C/N. The molecule has 2 aliphatic rings. The van der Waals surface area contributed by atoms with E-state index in [1.54, 1.807) is 35.2 Å². The minimum absolute atomic E-state index is 0.0392. The van der Waals surface area contributed by atoms with E-state index >= 15 is 0 Å². The number of piperidine rings is 1. The maximum atomic E-state index is 13.6. The molecule has 2 fully saturated rings. The molecule has 0 aliphatic carbocycles. The number of hydrogen-bond acceptors (Lipinski definition) is 9. The average molecular weight is 531 g/mol. The van der Waals surface area contributed by atoms with Gasteiger partial charge in [0.25, 0.3) is 11.8 Å². The number of benzene rings is 1. The highest BCUT2D eigenvalue weighted by atomic mass is 16.5. The number of hydrogen-bond donors (Lipinski definition) is 5. The van der Waals surface area contributed by atoms with Crippen LogP contribution in [0.1, 0.15) is 30.5 Å². The third kappa shape index (κ3) is 5.26. The number of ether oxygens (including phenoxy) is 1. The minimum atomic E-state index is -0.980. The van der Waals surface area contributed by atoms with Crippen LogP contribution in [0, 0.1) is 21.6 Å². The molecule has 1 aromatic heterocycles. The van der Waals surface area contributed by atoms with Crippen molar-refractivity contribution in [2.75, 3.05) is 31.6 Å². The van der Waals surface area contributed by atoms with Crippen molar-refractivity contribution in [3.63, 3.8) is 0 Å². The third-order valence-electron chi connectivity index (χ3n) is 7.26. The largest absolute Gasteiger partial charge is 0.496 e. The Hall–Kier alpha value is -4.87. The molecule has 0 radical (unpaired) electrons. The summed E-state index contributed by atoms with van der Waals surface area (Å²) in [6.07, 6.45) is 5.37. The molecule has 12 heteroatoms. The zero-order chi connectivity index (χ0) is 28.2. The highest BCUT2D eigenvalue weighted by Crippen LogP contribution is 2.44. The Kier molecular flexibility index (Phi) is 7.84. The summed E-state index contributed by atoms with van der Waals surface area (Å²) in [5.41, 5.74) is 6.24. The quantitative estimate of drug-likeness (QED) is 0.205. The van der Waals surface area contributed by atoms with Crippen LogP contribution in [-0.4, -0.2) is 72.1 Å². The molecule has 3 amide bonds. The Morgan fingerprint density at radius 3 is 2.46 bits per heavy atom. The molecule has 2 saturated heterocycles. The molecule has 0 saturated carbocycles. The molecule has 6 N–H and O–H groups in total. The monoisotopic (exact) mass is 530 g/mol. The van der Waals surface area contributed by atoms with E-state index in [2.05, 4.69) is 10.3 Å². The topological polar surface area (TPSA) is 189 Å². The van der Waals surface area contributed by atoms with E-state index in [1.165, 1.54) is 30.5 Å². The van der Waals surface area contributed by atoms with Crippen LogP contribution in [0.3, 0.4) is 0 Å². The van der Waals surface area contributed by atoms with E-state index in [0.29, 0.717) is 48.4 Å². The maximum absolute atomic E-state index is 13.6. The van der Waals surface area contributed by atoms with Gasteiger partial charge in [0.15, 0.2) is 11.5 Å². The number of pyridine rings is 1. The Bertz CT molecular complexity index is 1360. The number of amidine groups is 1. The number of likely N-dealkylation sites (tertiary alicyclic amines) is 1. The van der Waals surface area contributed by atoms with Gasteiger partial charge in [-0.25, -0.2) is 0 Å². The standard InChI is InChI=1S/C27H30N8O4/c1-39-21-14-18(5-6-19(21)17(15-28)16-29)35-13-9-27(26(35)38)7-11-34(12-8-27)25(37)22(30)24(36)33-23(31)20-4-2-3-10-32-20/h2-6,10,14-16,28,30H,7-9,11-13,29H2,1H3,(H2,31,33,36)/b17-16+,28-15?,30-22?. The second-order valence-electron chi connectivity index (χ2n) is 9.35. The number of aromatic nitrogens is 1. The lowest BCUT2D eigenvalue weighted by molar-refractivity contribution is -0.134. The van der Waals surface area contributed by atoms with Crippen molar-refractivity contribution in [2.45, 2.75) is 19.3 Å². The smallest absolute Gasteiger partial charge is 0.280 e. The Labute approximate surface area is 225 Å². The van der Waals surface area contributed by atoms with Crippen LogP contribution in [-0.2, 0) is 14.4 Å². The van der Waals surface area contributed by atoms with Crippen LogP contribution in [0.5, 0.6) is 5.75 Å². The van der Waals surface area contributed by atoms with Crippen molar-refractivity contribution in [1.29, 1.82) is 16.2 Å². The summed E-state index contributed by atoms with van der Waals surface area (Å²) in [6.45, 7) is 0.976. The number of anilines is 1. The summed E-state index contributed by atoms with van der Waals surface area (Å²) in [7, 11) is 1.51. The number of allylic oxidation sites excluding steroid dienone is 1. The van der Waals surface area contributed by atoms with Crippen molar-refractivity contribution < 1.29 is 19.1 Å². The predicted molar refractivity (Wildman–Crippen MR) is 146 cm³/mol. The second-order valence-corrected chi connectivity index (χ2v) is 9.35. The zero-order valence-electron chi connectivity index (χ0n) is 21.5. The molecule has 202 valence electrons. The summed E-state index contributed by atoms with van der Waals surface area (Å²) in [4.78, 5) is 45.9. The number of carbonyl (C=O) groups excluding carboxylic acids is 3. The number of carbonyl (C=O) groups is 3. The summed E-state index contributed by atoms with van der Waals surface area (Å²) in [6, 6.07) is 10.2. The molecule has 0 unspecified atom stereocenters. The van der Waals surface area contributed by atoms with Crippen LogP contribution >= 0.6 is 0 Å². The molecule has 2 aromatic rings. The highest BCUT2D eigenvalue weighted by molar-refractivity contribution is 6.65. The van der Waals surface area contributed by atoms with E-state index in [4.69, 9.17) is 26.7 Å². The van der Waals surface area contributed by atoms with Crippen LogP contribution in [0.15, 0.2) is 48.8 Å². The van der Waals surface area contributed by atoms with Crippen LogP contribution in [0.2, 0.25) is 0 Å². The van der Waals surface area contributed by atoms with E-state index in [-0.39, 0.29) is 30.5 Å². The van der Waals surface area contributed by atoms with Crippen molar-refractivity contribution in [3.05, 3.63) is 60.1 Å². The molecule has 1 aromatic carbocycles. The van der Waals surface area contributed by atoms with E-state index in [1.807, 2.05) is 0 Å². The van der Waals surface area contributed by atoms with Crippen molar-refractivity contribution in [1.82, 2.24) is 15.2 Å². The van der Waals surface area contributed by atoms with Gasteiger partial charge in [0.2, 0.25) is 5.91 Å². The van der Waals surface area contributed by atoms with Crippen LogP contribution < -0.4 is 20.7 Å². The summed E-state index contributed by atoms with van der Waals surface area (Å²) >= 11 is 0. The first-order valence-electron chi connectivity index (χ1n) is 12.4. The fourth-order valence-electron chi connectivity index (χ4n) is 4.98. The minimum Gasteiger partial charge on any atom is -0.496 e. The Morgan fingerprint density at radius 2 is 1.85 bits per heavy atom. The van der Waals surface area contributed by atoms with Gasteiger partial charge in [-0.2, -0.15) is 0 Å². The van der Waals surface area contributed by atoms with E-state index < -0.39 is 22.9 Å². The Morgan fingerprint density at radius 1 is 1.13 bits per heavy atom. The number of rotatable bonds is 7. The lowest BCUT2D eigenvalue weighted by Crippen LogP contribution is -2.51. The molecule has 0 bridgehead atoms. The van der Waals surface area contributed by atoms with Crippen molar-refractivity contribution >= 4 is 46.7 Å². The molecular weight excluding hydrogens is 500 g/mol. The van der Waals surface area contributed by atoms with Gasteiger partial charge in [-0.1, -0.05) is 6.07 Å². The Balaban J connectivity index is 1.39. The molecule has 3 heterocycles. The van der Waals surface area contributed by atoms with Crippen LogP contribution in [0.4, 0.5) is 5.69 Å². The van der Waals surface area contributed by atoms with Gasteiger partial charge in [-0.3, -0.25) is 30.2 Å². The lowest BCUT2D eigenvalue weighted by Gasteiger charge is -2.37. The van der Waals surface area contributed by atoms with Gasteiger partial charge in [-0.15, -0.1) is 0 Å². The molecule has 2 aliphatic heterocycles. The van der Waals surface area contributed by atoms with Gasteiger partial charge in [-0.05, 0) is 43.5 Å². The van der Waals surface area contributed by atoms with Gasteiger partial charge in [0, 0.05) is 61.1 Å². The number of amides is 3. The molecular formula is C27H30N8O4. The van der Waals surface area contributed by atoms with Gasteiger partial charge in [0.05, 0.1) is 12.5 Å². The molecule has 0 atom stereocenters. The third-order valence-corrected chi connectivity index (χ3v) is 7.26. The predicted octanol–water partition coefficient (Wildman–Crippen LogP) is 1.55. The molecule has 1 spiro atoms. The second kappa shape index (κ2) is 11.3. The summed E-state index contributed by atoms with van der Waals surface area (Å²) in [5.74, 6) is -1.57. The first kappa shape index (κ1) is 27.2. The van der Waals surface area contributed by atoms with Crippen molar-refractivity contribution in [3.8, 4) is 5.75 Å². The van der Waals surface area contributed by atoms with Gasteiger partial charge in [0.1, 0.15) is 11.4 Å². The number of nitrogens with two attached hydrogens (primary N) is 1. The fourth-order valence-corrected chi connectivity index (χ4v) is 4.98. The first-order chi connectivity index (χ1) is 18.7. The van der Waals surface area contributed by atoms with E-state index in [0.717, 1.165) is 6.21 Å². The first-order valence-corrected chi connectivity index (χ1v) is 12.4. The number of nitrogens with zero attached hydrogens (tertiary/aromatic N) is 3. The van der Waals surface area contributed by atoms with E-state index in [9.17, 15) is 14.4 Å². The lowest BCUT2D eigenvalue weighted by atomic mass is 9.77. The molecule has 4 rings (SSSR count). The van der Waals surface area contributed by atoms with Crippen molar-refractivity contribution in [2.24, 2.45) is 11.1 Å². The number of nitrogens with one attached hydrogen (secondary N) is 4. The average Bonchev–Trinajstić information content (AvgIpc) is 3.28. The highest BCUT2D eigenvalue weighted by Gasteiger charge is 2.49.